The van der Waals surface area contributed by atoms with E-state index in [9.17, 15) is 9.18 Å². The zero-order valence-electron chi connectivity index (χ0n) is 15.6. The minimum Gasteiger partial charge on any atom is -0.467 e. The number of aromatic nitrogens is 1. The number of aryl methyl sites for hydroxylation is 1. The van der Waals surface area contributed by atoms with Gasteiger partial charge in [-0.3, -0.25) is 4.79 Å². The van der Waals surface area contributed by atoms with E-state index < -0.39 is 0 Å². The number of benzene rings is 1. The van der Waals surface area contributed by atoms with Crippen LogP contribution in [0.15, 0.2) is 80.5 Å². The van der Waals surface area contributed by atoms with E-state index in [0.29, 0.717) is 42.7 Å². The van der Waals surface area contributed by atoms with Crippen molar-refractivity contribution in [1.29, 1.82) is 0 Å². The third-order valence-corrected chi connectivity index (χ3v) is 4.44. The number of carbonyl (C=O) groups excluding carboxylic acids is 1. The van der Waals surface area contributed by atoms with Gasteiger partial charge < -0.3 is 18.2 Å². The van der Waals surface area contributed by atoms with Gasteiger partial charge >= 0.3 is 0 Å². The van der Waals surface area contributed by atoms with Crippen molar-refractivity contribution in [3.8, 4) is 11.3 Å². The maximum atomic E-state index is 13.1. The molecule has 0 fully saturated rings. The second kappa shape index (κ2) is 8.60. The fourth-order valence-corrected chi connectivity index (χ4v) is 2.96. The SMILES string of the molecule is O=C(CCc1ncc(-c2ccc(F)cc2)o1)N(Cc1ccco1)Cc1ccco1. The Morgan fingerprint density at radius 2 is 1.62 bits per heavy atom. The van der Waals surface area contributed by atoms with E-state index in [4.69, 9.17) is 13.3 Å². The predicted molar refractivity (Wildman–Crippen MR) is 102 cm³/mol. The number of hydrogen-bond acceptors (Lipinski definition) is 5. The molecule has 7 heteroatoms. The van der Waals surface area contributed by atoms with Crippen LogP contribution in [0.2, 0.25) is 0 Å². The van der Waals surface area contributed by atoms with Crippen LogP contribution < -0.4 is 0 Å². The van der Waals surface area contributed by atoms with Gasteiger partial charge in [-0.15, -0.1) is 0 Å². The van der Waals surface area contributed by atoms with Gasteiger partial charge in [-0.1, -0.05) is 0 Å². The third kappa shape index (κ3) is 4.82. The lowest BCUT2D eigenvalue weighted by atomic mass is 10.2. The molecule has 0 spiro atoms. The average molecular weight is 394 g/mol. The molecule has 148 valence electrons. The first kappa shape index (κ1) is 18.7. The summed E-state index contributed by atoms with van der Waals surface area (Å²) in [5.41, 5.74) is 0.730. The molecule has 0 saturated carbocycles. The summed E-state index contributed by atoms with van der Waals surface area (Å²) >= 11 is 0. The molecule has 0 unspecified atom stereocenters. The lowest BCUT2D eigenvalue weighted by Gasteiger charge is -2.20. The molecule has 0 bridgehead atoms. The van der Waals surface area contributed by atoms with E-state index in [1.807, 2.05) is 12.1 Å². The lowest BCUT2D eigenvalue weighted by molar-refractivity contribution is -0.133. The molecule has 4 aromatic rings. The molecule has 4 rings (SSSR count). The van der Waals surface area contributed by atoms with Crippen LogP contribution in [0.3, 0.4) is 0 Å². The van der Waals surface area contributed by atoms with Gasteiger partial charge in [-0.05, 0) is 48.5 Å². The fourth-order valence-electron chi connectivity index (χ4n) is 2.96. The number of hydrogen-bond donors (Lipinski definition) is 0. The number of nitrogens with zero attached hydrogens (tertiary/aromatic N) is 2. The van der Waals surface area contributed by atoms with Crippen molar-refractivity contribution in [3.63, 3.8) is 0 Å². The highest BCUT2D eigenvalue weighted by atomic mass is 19.1. The van der Waals surface area contributed by atoms with Crippen molar-refractivity contribution >= 4 is 5.91 Å². The highest BCUT2D eigenvalue weighted by molar-refractivity contribution is 5.76. The standard InChI is InChI=1S/C22H19FN2O4/c23-17-7-5-16(6-8-17)20-13-24-21(29-20)9-10-22(26)25(14-18-3-1-11-27-18)15-19-4-2-12-28-19/h1-8,11-13H,9-10,14-15H2. The van der Waals surface area contributed by atoms with Crippen LogP contribution in [0.25, 0.3) is 11.3 Å². The summed E-state index contributed by atoms with van der Waals surface area (Å²) in [5.74, 6) is 2.00. The topological polar surface area (TPSA) is 72.6 Å². The lowest BCUT2D eigenvalue weighted by Crippen LogP contribution is -2.30. The molecule has 0 N–H and O–H groups in total. The van der Waals surface area contributed by atoms with Crippen LogP contribution in [0.4, 0.5) is 4.39 Å². The van der Waals surface area contributed by atoms with Gasteiger partial charge in [0, 0.05) is 18.4 Å². The number of carbonyl (C=O) groups is 1. The Bertz CT molecular complexity index is 1000. The molecule has 3 aromatic heterocycles. The quantitative estimate of drug-likeness (QED) is 0.428. The number of oxazole rings is 1. The molecular weight excluding hydrogens is 375 g/mol. The van der Waals surface area contributed by atoms with E-state index in [0.717, 1.165) is 5.56 Å². The summed E-state index contributed by atoms with van der Waals surface area (Å²) in [7, 11) is 0. The van der Waals surface area contributed by atoms with Gasteiger partial charge in [0.05, 0.1) is 31.8 Å². The van der Waals surface area contributed by atoms with Crippen LogP contribution >= 0.6 is 0 Å². The van der Waals surface area contributed by atoms with Gasteiger partial charge in [0.2, 0.25) is 5.91 Å². The second-order valence-corrected chi connectivity index (χ2v) is 6.53. The molecule has 1 aromatic carbocycles. The third-order valence-electron chi connectivity index (χ3n) is 4.44. The fraction of sp³-hybridized carbons (Fsp3) is 0.182. The molecule has 0 atom stereocenters. The van der Waals surface area contributed by atoms with E-state index in [-0.39, 0.29) is 18.1 Å². The molecule has 6 nitrogen and oxygen atoms in total. The zero-order chi connectivity index (χ0) is 20.1. The van der Waals surface area contributed by atoms with Gasteiger partial charge in [0.25, 0.3) is 0 Å². The highest BCUT2D eigenvalue weighted by Crippen LogP contribution is 2.21. The molecule has 0 saturated heterocycles. The molecule has 3 heterocycles. The molecule has 0 aliphatic rings. The first-order valence-electron chi connectivity index (χ1n) is 9.20. The molecule has 0 radical (unpaired) electrons. The summed E-state index contributed by atoms with van der Waals surface area (Å²) in [6.45, 7) is 0.692. The normalized spacial score (nSPS) is 10.9. The summed E-state index contributed by atoms with van der Waals surface area (Å²) in [4.78, 5) is 18.7. The Balaban J connectivity index is 1.40. The largest absolute Gasteiger partial charge is 0.467 e. The van der Waals surface area contributed by atoms with Crippen molar-refractivity contribution in [2.45, 2.75) is 25.9 Å². The maximum absolute atomic E-state index is 13.1. The summed E-state index contributed by atoms with van der Waals surface area (Å²) < 4.78 is 29.5. The summed E-state index contributed by atoms with van der Waals surface area (Å²) in [6, 6.07) is 13.2. The highest BCUT2D eigenvalue weighted by Gasteiger charge is 2.18. The van der Waals surface area contributed by atoms with Crippen molar-refractivity contribution in [3.05, 3.63) is 90.5 Å². The predicted octanol–water partition coefficient (Wildman–Crippen LogP) is 4.83. The number of halogens is 1. The number of rotatable bonds is 8. The molecule has 0 aliphatic carbocycles. The number of amides is 1. The Hall–Kier alpha value is -3.61. The van der Waals surface area contributed by atoms with E-state index >= 15 is 0 Å². The minimum atomic E-state index is -0.313. The van der Waals surface area contributed by atoms with Crippen LogP contribution in [0, 0.1) is 5.82 Å². The Morgan fingerprint density at radius 3 is 2.21 bits per heavy atom. The monoisotopic (exact) mass is 394 g/mol. The Morgan fingerprint density at radius 1 is 0.966 bits per heavy atom. The molecule has 0 aliphatic heterocycles. The second-order valence-electron chi connectivity index (χ2n) is 6.53. The van der Waals surface area contributed by atoms with Crippen molar-refractivity contribution in [2.75, 3.05) is 0 Å². The Labute approximate surface area is 166 Å². The average Bonchev–Trinajstić information content (AvgIpc) is 3.49. The smallest absolute Gasteiger partial charge is 0.223 e. The summed E-state index contributed by atoms with van der Waals surface area (Å²) in [6.07, 6.45) is 5.32. The van der Waals surface area contributed by atoms with Crippen LogP contribution in [-0.4, -0.2) is 15.8 Å². The van der Waals surface area contributed by atoms with E-state index in [1.54, 1.807) is 47.9 Å². The van der Waals surface area contributed by atoms with Gasteiger partial charge in [0.15, 0.2) is 11.7 Å². The minimum absolute atomic E-state index is 0.0701. The molecule has 1 amide bonds. The first-order chi connectivity index (χ1) is 14.2. The van der Waals surface area contributed by atoms with E-state index in [1.165, 1.54) is 12.1 Å². The molecular formula is C22H19FN2O4. The maximum Gasteiger partial charge on any atom is 0.223 e. The van der Waals surface area contributed by atoms with Gasteiger partial charge in [0.1, 0.15) is 17.3 Å². The van der Waals surface area contributed by atoms with Crippen molar-refractivity contribution in [2.24, 2.45) is 0 Å². The van der Waals surface area contributed by atoms with Gasteiger partial charge in [-0.25, -0.2) is 9.37 Å². The molecule has 29 heavy (non-hydrogen) atoms. The van der Waals surface area contributed by atoms with Crippen LogP contribution in [0.1, 0.15) is 23.8 Å². The number of furan rings is 2. The Kier molecular flexibility index (Phi) is 5.56. The van der Waals surface area contributed by atoms with E-state index in [2.05, 4.69) is 4.98 Å². The summed E-state index contributed by atoms with van der Waals surface area (Å²) in [5, 5.41) is 0. The van der Waals surface area contributed by atoms with Crippen LogP contribution in [-0.2, 0) is 24.3 Å². The van der Waals surface area contributed by atoms with Crippen molar-refractivity contribution < 1.29 is 22.4 Å². The van der Waals surface area contributed by atoms with Crippen molar-refractivity contribution in [1.82, 2.24) is 9.88 Å². The van der Waals surface area contributed by atoms with Gasteiger partial charge in [-0.2, -0.15) is 0 Å². The van der Waals surface area contributed by atoms with Crippen LogP contribution in [0.5, 0.6) is 0 Å². The zero-order valence-corrected chi connectivity index (χ0v) is 15.6. The first-order valence-corrected chi connectivity index (χ1v) is 9.20.